The van der Waals surface area contributed by atoms with Crippen LogP contribution in [0.2, 0.25) is 0 Å². The number of nitrogens with zero attached hydrogens (tertiary/aromatic N) is 2. The van der Waals surface area contributed by atoms with Gasteiger partial charge in [-0.2, -0.15) is 13.9 Å². The molecule has 2 saturated heterocycles. The number of allylic oxidation sites excluding steroid dienone is 2. The maximum absolute atomic E-state index is 13.6. The molecule has 212 valence electrons. The first-order chi connectivity index (χ1) is 18.3. The lowest BCUT2D eigenvalue weighted by Crippen LogP contribution is -2.65. The highest BCUT2D eigenvalue weighted by atomic mass is 32.2. The van der Waals surface area contributed by atoms with Crippen molar-refractivity contribution in [2.75, 3.05) is 32.7 Å². The van der Waals surface area contributed by atoms with Gasteiger partial charge in [0.05, 0.1) is 10.9 Å². The van der Waals surface area contributed by atoms with E-state index in [4.69, 9.17) is 9.47 Å². The highest BCUT2D eigenvalue weighted by Gasteiger charge is 2.51. The Morgan fingerprint density at radius 1 is 1.05 bits per heavy atom. The summed E-state index contributed by atoms with van der Waals surface area (Å²) in [6.45, 7) is 8.63. The van der Waals surface area contributed by atoms with Crippen molar-refractivity contribution in [2.24, 2.45) is 0 Å². The number of piperazine rings is 1. The van der Waals surface area contributed by atoms with Crippen molar-refractivity contribution in [1.29, 1.82) is 0 Å². The first kappa shape index (κ1) is 29.1. The number of aryl methyl sites for hydroxylation is 1. The second-order valence-electron chi connectivity index (χ2n) is 11.3. The van der Waals surface area contributed by atoms with Gasteiger partial charge in [-0.1, -0.05) is 17.7 Å². The van der Waals surface area contributed by atoms with E-state index < -0.39 is 38.3 Å². The molecule has 1 N–H and O–H groups in total. The molecule has 0 bridgehead atoms. The van der Waals surface area contributed by atoms with Crippen LogP contribution in [0.4, 0.5) is 9.59 Å². The van der Waals surface area contributed by atoms with Crippen LogP contribution in [0.5, 0.6) is 0 Å². The molecule has 1 aromatic rings. The van der Waals surface area contributed by atoms with Gasteiger partial charge in [0.1, 0.15) is 24.4 Å². The summed E-state index contributed by atoms with van der Waals surface area (Å²) in [5.74, 6) is -0.108. The third-order valence-electron chi connectivity index (χ3n) is 7.16. The predicted molar refractivity (Wildman–Crippen MR) is 144 cm³/mol. The van der Waals surface area contributed by atoms with Crippen molar-refractivity contribution in [3.8, 4) is 0 Å². The smallest absolute Gasteiger partial charge is 0.414 e. The van der Waals surface area contributed by atoms with Gasteiger partial charge in [-0.25, -0.2) is 8.42 Å². The van der Waals surface area contributed by atoms with Crippen molar-refractivity contribution in [2.45, 2.75) is 69.9 Å². The lowest BCUT2D eigenvalue weighted by atomic mass is 9.95. The Bertz CT molecular complexity index is 1290. The van der Waals surface area contributed by atoms with E-state index in [1.165, 1.54) is 10.4 Å². The summed E-state index contributed by atoms with van der Waals surface area (Å²) >= 11 is 0. The summed E-state index contributed by atoms with van der Waals surface area (Å²) < 4.78 is 38.6. The molecule has 3 aliphatic rings. The average molecular weight is 561 g/mol. The number of quaternary nitrogens is 1. The molecule has 0 unspecified atom stereocenters. The van der Waals surface area contributed by atoms with E-state index in [0.29, 0.717) is 44.3 Å². The lowest BCUT2D eigenvalue weighted by molar-refractivity contribution is -0.788. The Hall–Kier alpha value is -2.86. The minimum Gasteiger partial charge on any atom is -0.414 e. The quantitative estimate of drug-likeness (QED) is 0.540. The number of hydrogen-bond acceptors (Lipinski definition) is 8. The van der Waals surface area contributed by atoms with Gasteiger partial charge < -0.3 is 14.8 Å². The van der Waals surface area contributed by atoms with Crippen molar-refractivity contribution in [1.82, 2.24) is 9.62 Å². The number of benzene rings is 1. The van der Waals surface area contributed by atoms with E-state index in [1.54, 1.807) is 51.1 Å². The van der Waals surface area contributed by atoms with Gasteiger partial charge in [0.25, 0.3) is 0 Å². The number of ether oxygens (including phenoxy) is 2. The maximum atomic E-state index is 13.6. The van der Waals surface area contributed by atoms with Crippen LogP contribution in [-0.2, 0) is 24.3 Å². The zero-order chi connectivity index (χ0) is 28.4. The average Bonchev–Trinajstić information content (AvgIpc) is 3.39. The number of carbonyl (C=O) groups excluding carboxylic acids is 3. The SMILES string of the molecule is Cc1ccc(S(=O)(=O)N2CCC[C@H]2C(=O)C2=CC(OC(=O)[N+]3(C(=O)OC(C)(C)C)CCNCC3)=CCC2)cc1. The Labute approximate surface area is 230 Å². The van der Waals surface area contributed by atoms with E-state index in [1.807, 2.05) is 6.92 Å². The summed E-state index contributed by atoms with van der Waals surface area (Å²) in [5.41, 5.74) is 0.574. The fraction of sp³-hybridized carbons (Fsp3) is 0.536. The fourth-order valence-corrected chi connectivity index (χ4v) is 6.70. The van der Waals surface area contributed by atoms with Gasteiger partial charge in [0.2, 0.25) is 10.0 Å². The van der Waals surface area contributed by atoms with E-state index in [-0.39, 0.29) is 36.1 Å². The number of nitrogens with one attached hydrogen (secondary N) is 1. The normalized spacial score (nSPS) is 22.0. The van der Waals surface area contributed by atoms with Gasteiger partial charge in [-0.15, -0.1) is 4.48 Å². The number of carbonyl (C=O) groups is 3. The highest BCUT2D eigenvalue weighted by molar-refractivity contribution is 7.89. The Morgan fingerprint density at radius 2 is 1.72 bits per heavy atom. The van der Waals surface area contributed by atoms with Gasteiger partial charge in [-0.3, -0.25) is 4.79 Å². The molecule has 0 spiro atoms. The standard InChI is InChI=1S/C28H38N3O7S/c1-20-10-12-23(13-11-20)39(35,36)30-16-6-9-24(30)25(32)21-7-5-8-22(19-21)37-26(33)31(17-14-29-15-18-31)27(34)38-28(2,3)4/h8,10-13,19,24,29H,5-7,9,14-18H2,1-4H3/q+1/t24-/m0/s1. The summed E-state index contributed by atoms with van der Waals surface area (Å²) in [5, 5.41) is 3.14. The maximum Gasteiger partial charge on any atom is 0.532 e. The zero-order valence-electron chi connectivity index (χ0n) is 23.1. The molecular weight excluding hydrogens is 522 g/mol. The molecule has 2 aliphatic heterocycles. The number of hydrogen-bond donors (Lipinski definition) is 1. The molecule has 39 heavy (non-hydrogen) atoms. The molecule has 2 amide bonds. The van der Waals surface area contributed by atoms with Crippen LogP contribution in [0.25, 0.3) is 0 Å². The minimum absolute atomic E-state index is 0.159. The van der Waals surface area contributed by atoms with Gasteiger partial charge in [-0.05, 0) is 77.7 Å². The number of sulfonamides is 1. The summed E-state index contributed by atoms with van der Waals surface area (Å²) in [4.78, 5) is 40.2. The van der Waals surface area contributed by atoms with Gasteiger partial charge in [0.15, 0.2) is 5.78 Å². The second-order valence-corrected chi connectivity index (χ2v) is 13.2. The van der Waals surface area contributed by atoms with Crippen LogP contribution in [0.3, 0.4) is 0 Å². The van der Waals surface area contributed by atoms with Crippen molar-refractivity contribution < 1.29 is 36.8 Å². The Balaban J connectivity index is 1.52. The molecule has 10 nitrogen and oxygen atoms in total. The van der Waals surface area contributed by atoms with Crippen molar-refractivity contribution >= 4 is 28.0 Å². The third-order valence-corrected chi connectivity index (χ3v) is 9.09. The lowest BCUT2D eigenvalue weighted by Gasteiger charge is -2.35. The fourth-order valence-electron chi connectivity index (χ4n) is 5.04. The number of Topliss-reactive ketones (excluding diaryl/α,β-unsaturated/α-hetero) is 1. The Morgan fingerprint density at radius 3 is 2.36 bits per heavy atom. The molecule has 11 heteroatoms. The molecule has 1 aromatic carbocycles. The minimum atomic E-state index is -3.84. The van der Waals surface area contributed by atoms with Crippen LogP contribution in [0.1, 0.15) is 52.0 Å². The molecule has 2 fully saturated rings. The molecule has 0 saturated carbocycles. The zero-order valence-corrected chi connectivity index (χ0v) is 23.9. The molecule has 2 heterocycles. The number of rotatable bonds is 5. The van der Waals surface area contributed by atoms with Crippen LogP contribution in [-0.4, -0.2) is 79.5 Å². The predicted octanol–water partition coefficient (Wildman–Crippen LogP) is 3.81. The molecule has 1 aliphatic carbocycles. The second kappa shape index (κ2) is 11.3. The first-order valence-corrected chi connectivity index (χ1v) is 14.8. The van der Waals surface area contributed by atoms with E-state index in [0.717, 1.165) is 5.56 Å². The number of imide groups is 1. The monoisotopic (exact) mass is 560 g/mol. The highest BCUT2D eigenvalue weighted by Crippen LogP contribution is 2.31. The van der Waals surface area contributed by atoms with E-state index in [9.17, 15) is 22.8 Å². The van der Waals surface area contributed by atoms with Crippen molar-refractivity contribution in [3.05, 3.63) is 53.3 Å². The van der Waals surface area contributed by atoms with Crippen LogP contribution in [0, 0.1) is 6.92 Å². The molecule has 4 rings (SSSR count). The number of amides is 2. The van der Waals surface area contributed by atoms with Crippen LogP contribution < -0.4 is 5.32 Å². The van der Waals surface area contributed by atoms with Crippen LogP contribution >= 0.6 is 0 Å². The molecule has 0 radical (unpaired) electrons. The molecule has 0 aromatic heterocycles. The summed E-state index contributed by atoms with van der Waals surface area (Å²) in [7, 11) is -3.84. The molecule has 1 atom stereocenters. The topological polar surface area (TPSA) is 119 Å². The van der Waals surface area contributed by atoms with Gasteiger partial charge >= 0.3 is 12.2 Å². The van der Waals surface area contributed by atoms with Gasteiger partial charge in [0, 0.05) is 25.2 Å². The van der Waals surface area contributed by atoms with E-state index in [2.05, 4.69) is 5.32 Å². The Kier molecular flexibility index (Phi) is 8.46. The first-order valence-electron chi connectivity index (χ1n) is 13.4. The summed E-state index contributed by atoms with van der Waals surface area (Å²) in [6, 6.07) is 5.78. The third kappa shape index (κ3) is 6.32. The van der Waals surface area contributed by atoms with Crippen molar-refractivity contribution in [3.63, 3.8) is 0 Å². The number of ketones is 1. The van der Waals surface area contributed by atoms with Crippen LogP contribution in [0.15, 0.2) is 52.6 Å². The largest absolute Gasteiger partial charge is 0.532 e. The molecular formula is C28H38N3O7S+. The summed E-state index contributed by atoms with van der Waals surface area (Å²) in [6.07, 6.45) is 3.64. The van der Waals surface area contributed by atoms with E-state index >= 15 is 0 Å².